The van der Waals surface area contributed by atoms with Crippen molar-refractivity contribution in [3.05, 3.63) is 30.3 Å². The molecule has 2 rings (SSSR count). The lowest BCUT2D eigenvalue weighted by Gasteiger charge is -2.14. The summed E-state index contributed by atoms with van der Waals surface area (Å²) in [6.07, 6.45) is 0. The summed E-state index contributed by atoms with van der Waals surface area (Å²) in [6.45, 7) is 3.73. The van der Waals surface area contributed by atoms with Crippen molar-refractivity contribution >= 4 is 11.6 Å². The Balaban J connectivity index is 1.93. The topological polar surface area (TPSA) is 32.1 Å². The van der Waals surface area contributed by atoms with Crippen molar-refractivity contribution in [1.82, 2.24) is 4.90 Å². The molecule has 0 spiro atoms. The molecule has 1 atom stereocenters. The van der Waals surface area contributed by atoms with E-state index in [2.05, 4.69) is 5.32 Å². The first-order chi connectivity index (χ1) is 6.77. The van der Waals surface area contributed by atoms with Gasteiger partial charge in [0.15, 0.2) is 0 Å². The van der Waals surface area contributed by atoms with Gasteiger partial charge >= 0.3 is 0 Å². The molecule has 3 nitrogen and oxygen atoms in total. The lowest BCUT2D eigenvalue weighted by Crippen LogP contribution is -2.31. The molecule has 1 amide bonds. The molecule has 0 radical (unpaired) electrons. The minimum Gasteiger partial charge on any atom is -0.374 e. The maximum absolute atomic E-state index is 11.6. The predicted octanol–water partition coefficient (Wildman–Crippen LogP) is 1.33. The van der Waals surface area contributed by atoms with E-state index in [4.69, 9.17) is 0 Å². The highest BCUT2D eigenvalue weighted by atomic mass is 16.2. The summed E-state index contributed by atoms with van der Waals surface area (Å²) >= 11 is 0. The van der Waals surface area contributed by atoms with Crippen LogP contribution in [0, 0.1) is 0 Å². The Labute approximate surface area is 83.7 Å². The van der Waals surface area contributed by atoms with Gasteiger partial charge in [-0.25, -0.2) is 0 Å². The highest BCUT2D eigenvalue weighted by Gasteiger charge is 2.27. The normalized spacial score (nSPS) is 16.2. The molecular formula is C11H14N2O. The summed E-state index contributed by atoms with van der Waals surface area (Å²) in [5.41, 5.74) is 0.996. The molecule has 0 aromatic heterocycles. The van der Waals surface area contributed by atoms with Crippen LogP contribution in [0.3, 0.4) is 0 Å². The lowest BCUT2D eigenvalue weighted by molar-refractivity contribution is -0.126. The fraction of sp³-hybridized carbons (Fsp3) is 0.364. The summed E-state index contributed by atoms with van der Waals surface area (Å²) in [5, 5.41) is 3.17. The van der Waals surface area contributed by atoms with E-state index in [0.29, 0.717) is 0 Å². The van der Waals surface area contributed by atoms with E-state index in [0.717, 1.165) is 18.8 Å². The van der Waals surface area contributed by atoms with E-state index in [1.54, 1.807) is 0 Å². The standard InChI is InChI=1S/C11H14N2O/c1-9(11(14)13-7-8-13)12-10-5-3-2-4-6-10/h2-6,9,12H,7-8H2,1H3/t9-/m1/s1. The zero-order chi connectivity index (χ0) is 9.97. The second-order valence-corrected chi connectivity index (χ2v) is 3.56. The maximum Gasteiger partial charge on any atom is 0.244 e. The quantitative estimate of drug-likeness (QED) is 0.729. The molecule has 3 heteroatoms. The average Bonchev–Trinajstić information content (AvgIpc) is 3.01. The van der Waals surface area contributed by atoms with Gasteiger partial charge < -0.3 is 10.2 Å². The molecular weight excluding hydrogens is 176 g/mol. The molecule has 1 aliphatic rings. The Hall–Kier alpha value is -1.51. The summed E-state index contributed by atoms with van der Waals surface area (Å²) in [7, 11) is 0. The van der Waals surface area contributed by atoms with Crippen molar-refractivity contribution < 1.29 is 4.79 Å². The van der Waals surface area contributed by atoms with Crippen molar-refractivity contribution in [2.45, 2.75) is 13.0 Å². The summed E-state index contributed by atoms with van der Waals surface area (Å²) in [4.78, 5) is 13.4. The third-order valence-electron chi connectivity index (χ3n) is 2.29. The van der Waals surface area contributed by atoms with Crippen LogP contribution in [0.5, 0.6) is 0 Å². The first kappa shape index (κ1) is 9.06. The number of carbonyl (C=O) groups excluding carboxylic acids is 1. The van der Waals surface area contributed by atoms with E-state index < -0.39 is 0 Å². The van der Waals surface area contributed by atoms with Crippen LogP contribution < -0.4 is 5.32 Å². The van der Waals surface area contributed by atoms with Crippen molar-refractivity contribution in [1.29, 1.82) is 0 Å². The van der Waals surface area contributed by atoms with Crippen molar-refractivity contribution in [2.75, 3.05) is 18.4 Å². The first-order valence-corrected chi connectivity index (χ1v) is 4.88. The molecule has 1 heterocycles. The van der Waals surface area contributed by atoms with E-state index >= 15 is 0 Å². The smallest absolute Gasteiger partial charge is 0.244 e. The molecule has 1 aromatic carbocycles. The van der Waals surface area contributed by atoms with Crippen LogP contribution in [0.15, 0.2) is 30.3 Å². The SMILES string of the molecule is C[C@@H](Nc1ccccc1)C(=O)N1CC1. The third-order valence-corrected chi connectivity index (χ3v) is 2.29. The third kappa shape index (κ3) is 2.05. The number of hydrogen-bond donors (Lipinski definition) is 1. The number of nitrogens with zero attached hydrogens (tertiary/aromatic N) is 1. The van der Waals surface area contributed by atoms with Gasteiger partial charge in [0.25, 0.3) is 0 Å². The molecule has 1 fully saturated rings. The molecule has 0 aliphatic carbocycles. The van der Waals surface area contributed by atoms with Gasteiger partial charge in [-0.3, -0.25) is 4.79 Å². The summed E-state index contributed by atoms with van der Waals surface area (Å²) in [6, 6.07) is 9.67. The summed E-state index contributed by atoms with van der Waals surface area (Å²) in [5.74, 6) is 0.189. The number of para-hydroxylation sites is 1. The molecule has 0 unspecified atom stereocenters. The van der Waals surface area contributed by atoms with Crippen molar-refractivity contribution in [3.63, 3.8) is 0 Å². The van der Waals surface area contributed by atoms with Gasteiger partial charge in [-0.2, -0.15) is 0 Å². The Kier molecular flexibility index (Phi) is 2.39. The minimum atomic E-state index is -0.125. The number of benzene rings is 1. The van der Waals surface area contributed by atoms with Crippen LogP contribution >= 0.6 is 0 Å². The molecule has 1 aromatic rings. The van der Waals surface area contributed by atoms with Gasteiger partial charge in [0.2, 0.25) is 5.91 Å². The van der Waals surface area contributed by atoms with Gasteiger partial charge in [-0.15, -0.1) is 0 Å². The number of amides is 1. The maximum atomic E-state index is 11.6. The molecule has 14 heavy (non-hydrogen) atoms. The molecule has 74 valence electrons. The van der Waals surface area contributed by atoms with Crippen LogP contribution in [0.25, 0.3) is 0 Å². The fourth-order valence-corrected chi connectivity index (χ4v) is 1.39. The van der Waals surface area contributed by atoms with Crippen LogP contribution in [0.4, 0.5) is 5.69 Å². The fourth-order valence-electron chi connectivity index (χ4n) is 1.39. The number of rotatable bonds is 3. The van der Waals surface area contributed by atoms with E-state index in [1.165, 1.54) is 0 Å². The second kappa shape index (κ2) is 3.70. The van der Waals surface area contributed by atoms with Gasteiger partial charge in [0, 0.05) is 18.8 Å². The number of hydrogen-bond acceptors (Lipinski definition) is 2. The average molecular weight is 190 g/mol. The van der Waals surface area contributed by atoms with Crippen LogP contribution in [-0.2, 0) is 4.79 Å². The molecule has 1 aliphatic heterocycles. The van der Waals surface area contributed by atoms with Crippen LogP contribution in [0.2, 0.25) is 0 Å². The molecule has 1 saturated heterocycles. The molecule has 1 N–H and O–H groups in total. The molecule has 0 bridgehead atoms. The highest BCUT2D eigenvalue weighted by molar-refractivity contribution is 5.85. The van der Waals surface area contributed by atoms with Crippen LogP contribution in [-0.4, -0.2) is 29.9 Å². The van der Waals surface area contributed by atoms with E-state index in [1.807, 2.05) is 42.2 Å². The van der Waals surface area contributed by atoms with Crippen LogP contribution in [0.1, 0.15) is 6.92 Å². The van der Waals surface area contributed by atoms with Gasteiger partial charge in [-0.05, 0) is 19.1 Å². The predicted molar refractivity (Wildman–Crippen MR) is 56.1 cm³/mol. The van der Waals surface area contributed by atoms with Gasteiger partial charge in [-0.1, -0.05) is 18.2 Å². The Morgan fingerprint density at radius 3 is 2.57 bits per heavy atom. The Bertz CT molecular complexity index is 319. The Morgan fingerprint density at radius 1 is 1.36 bits per heavy atom. The second-order valence-electron chi connectivity index (χ2n) is 3.56. The first-order valence-electron chi connectivity index (χ1n) is 4.88. The van der Waals surface area contributed by atoms with Crippen molar-refractivity contribution in [2.24, 2.45) is 0 Å². The minimum absolute atomic E-state index is 0.125. The van der Waals surface area contributed by atoms with Gasteiger partial charge in [0.05, 0.1) is 0 Å². The number of nitrogens with one attached hydrogen (secondary N) is 1. The number of anilines is 1. The van der Waals surface area contributed by atoms with E-state index in [9.17, 15) is 4.79 Å². The number of carbonyl (C=O) groups is 1. The lowest BCUT2D eigenvalue weighted by atomic mass is 10.2. The molecule has 0 saturated carbocycles. The van der Waals surface area contributed by atoms with Crippen molar-refractivity contribution in [3.8, 4) is 0 Å². The Morgan fingerprint density at radius 2 is 2.00 bits per heavy atom. The zero-order valence-electron chi connectivity index (χ0n) is 8.23. The monoisotopic (exact) mass is 190 g/mol. The highest BCUT2D eigenvalue weighted by Crippen LogP contribution is 2.11. The largest absolute Gasteiger partial charge is 0.374 e. The summed E-state index contributed by atoms with van der Waals surface area (Å²) < 4.78 is 0. The van der Waals surface area contributed by atoms with Gasteiger partial charge in [0.1, 0.15) is 6.04 Å². The van der Waals surface area contributed by atoms with E-state index in [-0.39, 0.29) is 11.9 Å². The zero-order valence-corrected chi connectivity index (χ0v) is 8.23.